The number of carbonyl (C=O) groups excluding carboxylic acids is 2. The van der Waals surface area contributed by atoms with E-state index in [0.29, 0.717) is 19.6 Å². The van der Waals surface area contributed by atoms with Crippen molar-refractivity contribution in [3.63, 3.8) is 0 Å². The van der Waals surface area contributed by atoms with E-state index in [2.05, 4.69) is 15.1 Å². The molecule has 1 N–H and O–H groups in total. The summed E-state index contributed by atoms with van der Waals surface area (Å²) in [5.41, 5.74) is 1.10. The van der Waals surface area contributed by atoms with Crippen molar-refractivity contribution in [1.29, 1.82) is 0 Å². The lowest BCUT2D eigenvalue weighted by molar-refractivity contribution is -0.131. The van der Waals surface area contributed by atoms with Crippen LogP contribution in [0.4, 0.5) is 0 Å². The molecule has 0 spiro atoms. The average Bonchev–Trinajstić information content (AvgIpc) is 2.55. The van der Waals surface area contributed by atoms with Crippen LogP contribution >= 0.6 is 0 Å². The molecular formula is C17H26N4O2. The molecule has 23 heavy (non-hydrogen) atoms. The number of nitrogens with zero attached hydrogens (tertiary/aromatic N) is 3. The van der Waals surface area contributed by atoms with E-state index in [4.69, 9.17) is 0 Å². The third kappa shape index (κ3) is 6.00. The third-order valence-electron chi connectivity index (χ3n) is 4.02. The minimum Gasteiger partial charge on any atom is -0.351 e. The zero-order valence-electron chi connectivity index (χ0n) is 14.0. The van der Waals surface area contributed by atoms with E-state index in [1.165, 1.54) is 0 Å². The zero-order chi connectivity index (χ0) is 16.7. The van der Waals surface area contributed by atoms with Crippen molar-refractivity contribution < 1.29 is 9.59 Å². The van der Waals surface area contributed by atoms with E-state index in [0.717, 1.165) is 31.7 Å². The van der Waals surface area contributed by atoms with E-state index < -0.39 is 0 Å². The van der Waals surface area contributed by atoms with Gasteiger partial charge in [0.05, 0.1) is 13.1 Å². The number of piperazine rings is 1. The van der Waals surface area contributed by atoms with Gasteiger partial charge in [0, 0.05) is 46.8 Å². The SMILES string of the molecule is CN(C)C(=O)CN1CCN(CC(=O)NCc2ccccc2)CC1. The molecule has 0 aliphatic carbocycles. The van der Waals surface area contributed by atoms with Crippen LogP contribution in [0.5, 0.6) is 0 Å². The van der Waals surface area contributed by atoms with E-state index in [1.807, 2.05) is 30.3 Å². The number of carbonyl (C=O) groups is 2. The molecule has 1 aliphatic rings. The summed E-state index contributed by atoms with van der Waals surface area (Å²) in [5, 5.41) is 2.95. The van der Waals surface area contributed by atoms with Crippen molar-refractivity contribution >= 4 is 11.8 Å². The van der Waals surface area contributed by atoms with Gasteiger partial charge in [0.2, 0.25) is 11.8 Å². The molecule has 0 atom stereocenters. The summed E-state index contributed by atoms with van der Waals surface area (Å²) in [6.07, 6.45) is 0. The second kappa shape index (κ2) is 8.64. The Balaban J connectivity index is 1.65. The van der Waals surface area contributed by atoms with Gasteiger partial charge in [-0.05, 0) is 5.56 Å². The van der Waals surface area contributed by atoms with Crippen molar-refractivity contribution in [3.8, 4) is 0 Å². The molecule has 1 aliphatic heterocycles. The largest absolute Gasteiger partial charge is 0.351 e. The first kappa shape index (κ1) is 17.4. The Morgan fingerprint density at radius 2 is 1.57 bits per heavy atom. The highest BCUT2D eigenvalue weighted by molar-refractivity contribution is 5.78. The molecule has 0 saturated carbocycles. The summed E-state index contributed by atoms with van der Waals surface area (Å²) < 4.78 is 0. The predicted octanol–water partition coefficient (Wildman–Crippen LogP) is 0.00860. The van der Waals surface area contributed by atoms with E-state index in [9.17, 15) is 9.59 Å². The van der Waals surface area contributed by atoms with Crippen molar-refractivity contribution in [3.05, 3.63) is 35.9 Å². The van der Waals surface area contributed by atoms with Gasteiger partial charge in [-0.1, -0.05) is 30.3 Å². The number of nitrogens with one attached hydrogen (secondary N) is 1. The van der Waals surface area contributed by atoms with Gasteiger partial charge >= 0.3 is 0 Å². The van der Waals surface area contributed by atoms with Crippen LogP contribution in [0.2, 0.25) is 0 Å². The van der Waals surface area contributed by atoms with Gasteiger partial charge in [-0.3, -0.25) is 19.4 Å². The second-order valence-corrected chi connectivity index (χ2v) is 6.10. The van der Waals surface area contributed by atoms with Crippen LogP contribution in [0.15, 0.2) is 30.3 Å². The third-order valence-corrected chi connectivity index (χ3v) is 4.02. The molecule has 2 rings (SSSR count). The van der Waals surface area contributed by atoms with E-state index in [1.54, 1.807) is 19.0 Å². The van der Waals surface area contributed by atoms with Crippen LogP contribution in [-0.4, -0.2) is 79.9 Å². The maximum absolute atomic E-state index is 12.0. The van der Waals surface area contributed by atoms with Crippen LogP contribution in [0.1, 0.15) is 5.56 Å². The molecule has 6 heteroatoms. The standard InChI is InChI=1S/C17H26N4O2/c1-19(2)17(23)14-21-10-8-20(9-11-21)13-16(22)18-12-15-6-4-3-5-7-15/h3-7H,8-14H2,1-2H3,(H,18,22). The fraction of sp³-hybridized carbons (Fsp3) is 0.529. The highest BCUT2D eigenvalue weighted by atomic mass is 16.2. The number of likely N-dealkylation sites (N-methyl/N-ethyl adjacent to an activating group) is 1. The summed E-state index contributed by atoms with van der Waals surface area (Å²) in [5.74, 6) is 0.172. The van der Waals surface area contributed by atoms with Crippen molar-refractivity contribution in [2.24, 2.45) is 0 Å². The summed E-state index contributed by atoms with van der Waals surface area (Å²) >= 11 is 0. The monoisotopic (exact) mass is 318 g/mol. The van der Waals surface area contributed by atoms with Crippen molar-refractivity contribution in [1.82, 2.24) is 20.0 Å². The summed E-state index contributed by atoms with van der Waals surface area (Å²) in [6, 6.07) is 9.90. The minimum atomic E-state index is 0.0478. The Bertz CT molecular complexity index is 511. The van der Waals surface area contributed by atoms with Gasteiger partial charge in [0.25, 0.3) is 0 Å². The van der Waals surface area contributed by atoms with Crippen molar-refractivity contribution in [2.75, 3.05) is 53.4 Å². The Kier molecular flexibility index (Phi) is 6.55. The molecule has 0 unspecified atom stereocenters. The molecule has 6 nitrogen and oxygen atoms in total. The van der Waals surface area contributed by atoms with Gasteiger partial charge in [-0.25, -0.2) is 0 Å². The highest BCUT2D eigenvalue weighted by Gasteiger charge is 2.20. The van der Waals surface area contributed by atoms with Gasteiger partial charge in [0.15, 0.2) is 0 Å². The zero-order valence-corrected chi connectivity index (χ0v) is 14.0. The van der Waals surface area contributed by atoms with Gasteiger partial charge < -0.3 is 10.2 Å². The summed E-state index contributed by atoms with van der Waals surface area (Å²) in [6.45, 7) is 4.73. The normalized spacial score (nSPS) is 16.1. The van der Waals surface area contributed by atoms with Gasteiger partial charge in [-0.2, -0.15) is 0 Å². The van der Waals surface area contributed by atoms with Crippen LogP contribution in [-0.2, 0) is 16.1 Å². The number of hydrogen-bond acceptors (Lipinski definition) is 4. The molecular weight excluding hydrogens is 292 g/mol. The molecule has 0 aromatic heterocycles. The number of rotatable bonds is 6. The maximum atomic E-state index is 12.0. The first-order valence-corrected chi connectivity index (χ1v) is 8.00. The maximum Gasteiger partial charge on any atom is 0.236 e. The molecule has 0 radical (unpaired) electrons. The number of benzene rings is 1. The quantitative estimate of drug-likeness (QED) is 0.803. The Morgan fingerprint density at radius 3 is 2.13 bits per heavy atom. The molecule has 0 bridgehead atoms. The van der Waals surface area contributed by atoms with Crippen LogP contribution in [0, 0.1) is 0 Å². The fourth-order valence-corrected chi connectivity index (χ4v) is 2.49. The lowest BCUT2D eigenvalue weighted by Crippen LogP contribution is -2.51. The lowest BCUT2D eigenvalue weighted by atomic mass is 10.2. The smallest absolute Gasteiger partial charge is 0.236 e. The van der Waals surface area contributed by atoms with Gasteiger partial charge in [0.1, 0.15) is 0 Å². The molecule has 126 valence electrons. The lowest BCUT2D eigenvalue weighted by Gasteiger charge is -2.34. The first-order valence-electron chi connectivity index (χ1n) is 8.00. The second-order valence-electron chi connectivity index (χ2n) is 6.10. The Labute approximate surface area is 138 Å². The van der Waals surface area contributed by atoms with Crippen LogP contribution in [0.3, 0.4) is 0 Å². The molecule has 1 saturated heterocycles. The van der Waals surface area contributed by atoms with E-state index >= 15 is 0 Å². The fourth-order valence-electron chi connectivity index (χ4n) is 2.49. The summed E-state index contributed by atoms with van der Waals surface area (Å²) in [7, 11) is 3.55. The van der Waals surface area contributed by atoms with Gasteiger partial charge in [-0.15, -0.1) is 0 Å². The number of amides is 2. The molecule has 1 fully saturated rings. The topological polar surface area (TPSA) is 55.9 Å². The molecule has 1 aromatic rings. The predicted molar refractivity (Wildman–Crippen MR) is 89.9 cm³/mol. The Hall–Kier alpha value is -1.92. The molecule has 1 aromatic carbocycles. The number of hydrogen-bond donors (Lipinski definition) is 1. The molecule has 2 amide bonds. The average molecular weight is 318 g/mol. The van der Waals surface area contributed by atoms with E-state index in [-0.39, 0.29) is 11.8 Å². The highest BCUT2D eigenvalue weighted by Crippen LogP contribution is 2.02. The van der Waals surface area contributed by atoms with Crippen LogP contribution < -0.4 is 5.32 Å². The minimum absolute atomic E-state index is 0.0478. The Morgan fingerprint density at radius 1 is 1.00 bits per heavy atom. The molecule has 1 heterocycles. The van der Waals surface area contributed by atoms with Crippen LogP contribution in [0.25, 0.3) is 0 Å². The summed E-state index contributed by atoms with van der Waals surface area (Å²) in [4.78, 5) is 29.6. The first-order chi connectivity index (χ1) is 11.0. The van der Waals surface area contributed by atoms with Crippen molar-refractivity contribution in [2.45, 2.75) is 6.54 Å².